The molecule has 106 valence electrons. The first kappa shape index (κ1) is 13.7. The Hall–Kier alpha value is -1.24. The third kappa shape index (κ3) is 2.39. The third-order valence-electron chi connectivity index (χ3n) is 3.61. The van der Waals surface area contributed by atoms with Gasteiger partial charge in [0.1, 0.15) is 11.2 Å². The normalized spacial score (nSPS) is 23.1. The fourth-order valence-corrected chi connectivity index (χ4v) is 5.20. The molecule has 0 spiro atoms. The zero-order valence-corrected chi connectivity index (χ0v) is 12.3. The topological polar surface area (TPSA) is 46.2 Å². The number of hydrogen-bond donors (Lipinski definition) is 1. The van der Waals surface area contributed by atoms with Gasteiger partial charge in [0.25, 0.3) is 0 Å². The largest absolute Gasteiger partial charge is 0.300 e. The van der Waals surface area contributed by atoms with Gasteiger partial charge in [-0.3, -0.25) is 0 Å². The molecular formula is C14H14FNO2S2. The number of sulfone groups is 1. The lowest BCUT2D eigenvalue weighted by molar-refractivity contribution is 0.559. The molecule has 0 amide bonds. The van der Waals surface area contributed by atoms with Gasteiger partial charge in [0, 0.05) is 5.92 Å². The van der Waals surface area contributed by atoms with E-state index in [1.165, 1.54) is 24.3 Å². The van der Waals surface area contributed by atoms with Crippen LogP contribution < -0.4 is 5.32 Å². The van der Waals surface area contributed by atoms with Crippen LogP contribution >= 0.6 is 11.3 Å². The van der Waals surface area contributed by atoms with E-state index < -0.39 is 21.0 Å². The second kappa shape index (κ2) is 5.27. The van der Waals surface area contributed by atoms with Gasteiger partial charge in [-0.1, -0.05) is 0 Å². The molecule has 0 saturated carbocycles. The van der Waals surface area contributed by atoms with Crippen molar-refractivity contribution in [3.8, 4) is 0 Å². The van der Waals surface area contributed by atoms with Gasteiger partial charge in [0.2, 0.25) is 0 Å². The molecule has 6 heteroatoms. The van der Waals surface area contributed by atoms with Crippen molar-refractivity contribution in [2.75, 3.05) is 6.54 Å². The van der Waals surface area contributed by atoms with Crippen LogP contribution in [0.3, 0.4) is 0 Å². The van der Waals surface area contributed by atoms with E-state index in [1.807, 2.05) is 16.8 Å². The van der Waals surface area contributed by atoms with Crippen molar-refractivity contribution >= 4 is 21.2 Å². The van der Waals surface area contributed by atoms with Gasteiger partial charge in [-0.25, -0.2) is 12.8 Å². The maximum absolute atomic E-state index is 12.9. The van der Waals surface area contributed by atoms with Crippen LogP contribution in [0.2, 0.25) is 0 Å². The van der Waals surface area contributed by atoms with Crippen LogP contribution in [0.5, 0.6) is 0 Å². The van der Waals surface area contributed by atoms with Gasteiger partial charge in [-0.05, 0) is 59.6 Å². The first-order valence-electron chi connectivity index (χ1n) is 6.34. The fourth-order valence-electron chi connectivity index (χ4n) is 2.60. The Labute approximate surface area is 121 Å². The quantitative estimate of drug-likeness (QED) is 0.887. The van der Waals surface area contributed by atoms with E-state index >= 15 is 0 Å². The summed E-state index contributed by atoms with van der Waals surface area (Å²) in [5.74, 6) is -0.478. The summed E-state index contributed by atoms with van der Waals surface area (Å²) >= 11 is 1.56. The van der Waals surface area contributed by atoms with Crippen molar-refractivity contribution in [2.24, 2.45) is 0 Å². The van der Waals surface area contributed by atoms with Crippen LogP contribution in [-0.2, 0) is 9.84 Å². The fraction of sp³-hybridized carbons (Fsp3) is 0.286. The minimum Gasteiger partial charge on any atom is -0.300 e. The van der Waals surface area contributed by atoms with Gasteiger partial charge in [0.15, 0.2) is 9.84 Å². The highest BCUT2D eigenvalue weighted by Gasteiger charge is 2.39. The van der Waals surface area contributed by atoms with Gasteiger partial charge >= 0.3 is 0 Å². The Morgan fingerprint density at radius 3 is 2.60 bits per heavy atom. The predicted molar refractivity (Wildman–Crippen MR) is 77.1 cm³/mol. The monoisotopic (exact) mass is 311 g/mol. The van der Waals surface area contributed by atoms with E-state index in [0.29, 0.717) is 6.54 Å². The van der Waals surface area contributed by atoms with E-state index in [1.54, 1.807) is 11.3 Å². The molecule has 1 fully saturated rings. The lowest BCUT2D eigenvalue weighted by Crippen LogP contribution is -2.34. The molecule has 1 aromatic carbocycles. The van der Waals surface area contributed by atoms with Crippen molar-refractivity contribution < 1.29 is 12.8 Å². The Bertz CT molecular complexity index is 680. The van der Waals surface area contributed by atoms with Crippen LogP contribution in [0.1, 0.15) is 17.9 Å². The first-order valence-corrected chi connectivity index (χ1v) is 8.83. The summed E-state index contributed by atoms with van der Waals surface area (Å²) in [6, 6.07) is 6.99. The van der Waals surface area contributed by atoms with Crippen molar-refractivity contribution in [1.29, 1.82) is 0 Å². The molecule has 1 saturated heterocycles. The molecule has 3 rings (SSSR count). The van der Waals surface area contributed by atoms with Gasteiger partial charge in [-0.15, -0.1) is 0 Å². The van der Waals surface area contributed by atoms with Crippen LogP contribution in [0.4, 0.5) is 4.39 Å². The molecule has 1 aliphatic rings. The number of benzene rings is 1. The van der Waals surface area contributed by atoms with E-state index in [9.17, 15) is 12.8 Å². The molecular weight excluding hydrogens is 297 g/mol. The summed E-state index contributed by atoms with van der Waals surface area (Å²) in [7, 11) is -3.50. The summed E-state index contributed by atoms with van der Waals surface area (Å²) in [5, 5.41) is 6.38. The molecule has 2 aromatic rings. The summed E-state index contributed by atoms with van der Waals surface area (Å²) in [5.41, 5.74) is 1.05. The molecule has 1 aliphatic heterocycles. The van der Waals surface area contributed by atoms with Crippen molar-refractivity contribution in [2.45, 2.75) is 22.6 Å². The minimum absolute atomic E-state index is 0.0451. The molecule has 2 atom stereocenters. The molecule has 2 heterocycles. The van der Waals surface area contributed by atoms with Crippen LogP contribution in [0.25, 0.3) is 0 Å². The highest BCUT2D eigenvalue weighted by atomic mass is 32.2. The number of nitrogens with one attached hydrogen (secondary N) is 1. The van der Waals surface area contributed by atoms with Gasteiger partial charge in [-0.2, -0.15) is 11.3 Å². The molecule has 1 aromatic heterocycles. The smallest absolute Gasteiger partial charge is 0.194 e. The highest BCUT2D eigenvalue weighted by Crippen LogP contribution is 2.34. The molecule has 0 radical (unpaired) electrons. The average Bonchev–Trinajstić information content (AvgIpc) is 3.10. The Morgan fingerprint density at radius 2 is 1.95 bits per heavy atom. The number of thiophene rings is 1. The van der Waals surface area contributed by atoms with E-state index in [0.717, 1.165) is 12.0 Å². The summed E-state index contributed by atoms with van der Waals surface area (Å²) in [4.78, 5) is 0.165. The van der Waals surface area contributed by atoms with E-state index in [2.05, 4.69) is 5.32 Å². The van der Waals surface area contributed by atoms with Crippen LogP contribution in [0, 0.1) is 5.82 Å². The maximum Gasteiger partial charge on any atom is 0.194 e. The van der Waals surface area contributed by atoms with Crippen molar-refractivity contribution in [3.05, 3.63) is 52.5 Å². The second-order valence-electron chi connectivity index (χ2n) is 4.83. The maximum atomic E-state index is 12.9. The average molecular weight is 311 g/mol. The number of hydrogen-bond acceptors (Lipinski definition) is 4. The van der Waals surface area contributed by atoms with Crippen LogP contribution in [-0.4, -0.2) is 20.3 Å². The first-order chi connectivity index (χ1) is 9.59. The SMILES string of the molecule is O=S(=O)(c1ccc(F)cc1)C1NCCC1c1ccsc1. The molecule has 3 nitrogen and oxygen atoms in total. The third-order valence-corrected chi connectivity index (χ3v) is 6.41. The Morgan fingerprint density at radius 1 is 1.20 bits per heavy atom. The molecule has 20 heavy (non-hydrogen) atoms. The van der Waals surface area contributed by atoms with Gasteiger partial charge < -0.3 is 5.32 Å². The molecule has 0 aliphatic carbocycles. The number of halogens is 1. The van der Waals surface area contributed by atoms with E-state index in [4.69, 9.17) is 0 Å². The summed E-state index contributed by atoms with van der Waals surface area (Å²) in [6.07, 6.45) is 0.793. The van der Waals surface area contributed by atoms with Crippen molar-refractivity contribution in [1.82, 2.24) is 5.32 Å². The highest BCUT2D eigenvalue weighted by molar-refractivity contribution is 7.92. The Kier molecular flexibility index (Phi) is 3.62. The van der Waals surface area contributed by atoms with E-state index in [-0.39, 0.29) is 10.8 Å². The van der Waals surface area contributed by atoms with Gasteiger partial charge in [0.05, 0.1) is 4.90 Å². The van der Waals surface area contributed by atoms with Crippen LogP contribution in [0.15, 0.2) is 46.0 Å². The van der Waals surface area contributed by atoms with Crippen molar-refractivity contribution in [3.63, 3.8) is 0 Å². The lowest BCUT2D eigenvalue weighted by Gasteiger charge is -2.19. The number of rotatable bonds is 3. The molecule has 2 unspecified atom stereocenters. The molecule has 0 bridgehead atoms. The Balaban J connectivity index is 1.96. The minimum atomic E-state index is -3.50. The predicted octanol–water partition coefficient (Wildman–Crippen LogP) is 2.76. The lowest BCUT2D eigenvalue weighted by atomic mass is 10.0. The summed E-state index contributed by atoms with van der Waals surface area (Å²) in [6.45, 7) is 0.672. The zero-order chi connectivity index (χ0) is 14.2. The summed E-state index contributed by atoms with van der Waals surface area (Å²) < 4.78 is 38.3. The second-order valence-corrected chi connectivity index (χ2v) is 7.67. The standard InChI is InChI=1S/C14H14FNO2S2/c15-11-1-3-12(4-2-11)20(17,18)14-13(5-7-16-14)10-6-8-19-9-10/h1-4,6,8-9,13-14,16H,5,7H2. The zero-order valence-electron chi connectivity index (χ0n) is 10.6. The molecule has 1 N–H and O–H groups in total.